The maximum atomic E-state index is 12.3. The zero-order chi connectivity index (χ0) is 23.6. The normalized spacial score (nSPS) is 10.4. The van der Waals surface area contributed by atoms with Gasteiger partial charge in [-0.2, -0.15) is 0 Å². The van der Waals surface area contributed by atoms with Crippen molar-refractivity contribution in [1.82, 2.24) is 16.2 Å². The highest BCUT2D eigenvalue weighted by Crippen LogP contribution is 2.24. The first kappa shape index (κ1) is 24.4. The quantitative estimate of drug-likeness (QED) is 0.326. The lowest BCUT2D eigenvalue weighted by Gasteiger charge is -2.09. The monoisotopic (exact) mass is 481 g/mol. The van der Waals surface area contributed by atoms with Gasteiger partial charge in [-0.15, -0.1) is 11.8 Å². The van der Waals surface area contributed by atoms with Gasteiger partial charge in [0.2, 0.25) is 5.91 Å². The van der Waals surface area contributed by atoms with E-state index in [2.05, 4.69) is 16.2 Å². The lowest BCUT2D eigenvalue weighted by Crippen LogP contribution is -2.42. The van der Waals surface area contributed by atoms with Crippen molar-refractivity contribution < 1.29 is 14.4 Å². The number of hydrogen-bond donors (Lipinski definition) is 3. The summed E-state index contributed by atoms with van der Waals surface area (Å²) in [6.07, 6.45) is 0.0404. The predicted molar refractivity (Wildman–Crippen MR) is 131 cm³/mol. The van der Waals surface area contributed by atoms with Gasteiger partial charge in [0.05, 0.1) is 0 Å². The van der Waals surface area contributed by atoms with E-state index in [0.717, 1.165) is 21.8 Å². The highest BCUT2D eigenvalue weighted by Gasteiger charge is 2.09. The van der Waals surface area contributed by atoms with Crippen molar-refractivity contribution in [3.8, 4) is 0 Å². The third kappa shape index (κ3) is 7.97. The van der Waals surface area contributed by atoms with Crippen LogP contribution in [-0.4, -0.2) is 24.3 Å². The number of hydrazine groups is 1. The molecule has 3 aromatic rings. The lowest BCUT2D eigenvalue weighted by atomic mass is 10.1. The Hall–Kier alpha value is -3.29. The van der Waals surface area contributed by atoms with Crippen molar-refractivity contribution in [1.29, 1.82) is 0 Å². The van der Waals surface area contributed by atoms with Gasteiger partial charge in [-0.05, 0) is 61.0 Å². The van der Waals surface area contributed by atoms with Gasteiger partial charge in [0.15, 0.2) is 0 Å². The van der Waals surface area contributed by atoms with Crippen LogP contribution in [0.2, 0.25) is 5.02 Å². The van der Waals surface area contributed by atoms with E-state index >= 15 is 0 Å². The van der Waals surface area contributed by atoms with Crippen LogP contribution in [0.15, 0.2) is 77.7 Å². The molecular weight excluding hydrogens is 458 g/mol. The summed E-state index contributed by atoms with van der Waals surface area (Å²) in [7, 11) is 0. The van der Waals surface area contributed by atoms with E-state index in [9.17, 15) is 14.4 Å². The van der Waals surface area contributed by atoms with Crippen molar-refractivity contribution in [2.45, 2.75) is 24.0 Å². The Balaban J connectivity index is 1.37. The van der Waals surface area contributed by atoms with E-state index in [-0.39, 0.29) is 18.9 Å². The molecule has 0 saturated heterocycles. The van der Waals surface area contributed by atoms with Crippen LogP contribution >= 0.6 is 23.4 Å². The van der Waals surface area contributed by atoms with Gasteiger partial charge in [0.1, 0.15) is 0 Å². The van der Waals surface area contributed by atoms with Crippen LogP contribution in [0.1, 0.15) is 38.3 Å². The minimum atomic E-state index is -0.413. The number of hydrogen-bond acceptors (Lipinski definition) is 4. The molecule has 6 nitrogen and oxygen atoms in total. The van der Waals surface area contributed by atoms with Gasteiger partial charge < -0.3 is 5.32 Å². The molecule has 3 rings (SSSR count). The van der Waals surface area contributed by atoms with Crippen molar-refractivity contribution in [3.05, 3.63) is 100 Å². The average molecular weight is 482 g/mol. The van der Waals surface area contributed by atoms with Gasteiger partial charge in [-0.3, -0.25) is 25.2 Å². The fourth-order valence-electron chi connectivity index (χ4n) is 2.89. The second-order valence-corrected chi connectivity index (χ2v) is 8.80. The fraction of sp³-hybridized carbons (Fsp3) is 0.160. The third-order valence-corrected chi connectivity index (χ3v) is 6.00. The first-order valence-corrected chi connectivity index (χ1v) is 11.7. The molecule has 3 N–H and O–H groups in total. The molecule has 33 heavy (non-hydrogen) atoms. The van der Waals surface area contributed by atoms with Crippen molar-refractivity contribution in [2.24, 2.45) is 0 Å². The summed E-state index contributed by atoms with van der Waals surface area (Å²) in [5.41, 5.74) is 7.78. The highest BCUT2D eigenvalue weighted by atomic mass is 35.5. The van der Waals surface area contributed by atoms with Gasteiger partial charge in [0, 0.05) is 39.8 Å². The number of aryl methyl sites for hydroxylation is 1. The van der Waals surface area contributed by atoms with Crippen molar-refractivity contribution in [3.63, 3.8) is 0 Å². The van der Waals surface area contributed by atoms with Crippen LogP contribution in [0.4, 0.5) is 0 Å². The summed E-state index contributed by atoms with van der Waals surface area (Å²) in [6, 6.07) is 22.0. The second-order valence-electron chi connectivity index (χ2n) is 7.32. The summed E-state index contributed by atoms with van der Waals surface area (Å²) < 4.78 is 0. The number of halogens is 1. The third-order valence-electron chi connectivity index (χ3n) is 4.67. The molecule has 0 saturated carbocycles. The topological polar surface area (TPSA) is 87.3 Å². The molecule has 0 aliphatic heterocycles. The standard InChI is InChI=1S/C25H24ClN3O3S/c1-17-3-2-4-20(15-17)24(31)27-14-13-23(30)28-29-25(32)19-7-5-18(6-8-19)16-33-22-11-9-21(26)10-12-22/h2-12,15H,13-14,16H2,1H3,(H,27,31)(H,28,30)(H,29,32). The number of carbonyl (C=O) groups excluding carboxylic acids is 3. The lowest BCUT2D eigenvalue weighted by molar-refractivity contribution is -0.121. The summed E-state index contributed by atoms with van der Waals surface area (Å²) in [5.74, 6) is -0.299. The molecule has 0 radical (unpaired) electrons. The second kappa shape index (κ2) is 12.1. The Labute approximate surface area is 202 Å². The number of thioether (sulfide) groups is 1. The molecule has 0 unspecified atom stereocenters. The number of carbonyl (C=O) groups is 3. The number of benzene rings is 3. The largest absolute Gasteiger partial charge is 0.352 e. The van der Waals surface area contributed by atoms with E-state index in [1.54, 1.807) is 42.1 Å². The Morgan fingerprint density at radius 2 is 1.58 bits per heavy atom. The minimum Gasteiger partial charge on any atom is -0.352 e. The SMILES string of the molecule is Cc1cccc(C(=O)NCCC(=O)NNC(=O)c2ccc(CSc3ccc(Cl)cc3)cc2)c1. The molecular formula is C25H24ClN3O3S. The van der Waals surface area contributed by atoms with E-state index < -0.39 is 11.8 Å². The summed E-state index contributed by atoms with van der Waals surface area (Å²) in [6.45, 7) is 2.06. The zero-order valence-electron chi connectivity index (χ0n) is 18.1. The number of amides is 3. The summed E-state index contributed by atoms with van der Waals surface area (Å²) in [5, 5.41) is 3.39. The van der Waals surface area contributed by atoms with Crippen LogP contribution < -0.4 is 16.2 Å². The molecule has 3 amide bonds. The minimum absolute atomic E-state index is 0.0404. The summed E-state index contributed by atoms with van der Waals surface area (Å²) >= 11 is 7.57. The molecule has 170 valence electrons. The number of rotatable bonds is 8. The zero-order valence-corrected chi connectivity index (χ0v) is 19.6. The molecule has 0 bridgehead atoms. The molecule has 0 aromatic heterocycles. The van der Waals surface area contributed by atoms with Gasteiger partial charge in [0.25, 0.3) is 11.8 Å². The van der Waals surface area contributed by atoms with Crippen LogP contribution in [0, 0.1) is 6.92 Å². The van der Waals surface area contributed by atoms with E-state index in [4.69, 9.17) is 11.6 Å². The van der Waals surface area contributed by atoms with Crippen LogP contribution in [-0.2, 0) is 10.5 Å². The smallest absolute Gasteiger partial charge is 0.269 e. The van der Waals surface area contributed by atoms with E-state index in [0.29, 0.717) is 16.1 Å². The molecule has 8 heteroatoms. The van der Waals surface area contributed by atoms with E-state index in [1.165, 1.54) is 0 Å². The first-order valence-electron chi connectivity index (χ1n) is 10.3. The average Bonchev–Trinajstić information content (AvgIpc) is 2.82. The molecule has 0 aliphatic carbocycles. The molecule has 0 atom stereocenters. The molecule has 3 aromatic carbocycles. The van der Waals surface area contributed by atoms with Gasteiger partial charge in [-0.1, -0.05) is 41.4 Å². The Kier molecular flexibility index (Phi) is 8.92. The Morgan fingerprint density at radius 1 is 0.848 bits per heavy atom. The Morgan fingerprint density at radius 3 is 2.27 bits per heavy atom. The van der Waals surface area contributed by atoms with Crippen LogP contribution in [0.3, 0.4) is 0 Å². The van der Waals surface area contributed by atoms with Crippen LogP contribution in [0.25, 0.3) is 0 Å². The predicted octanol–water partition coefficient (Wildman–Crippen LogP) is 4.52. The number of nitrogens with one attached hydrogen (secondary N) is 3. The molecule has 0 spiro atoms. The van der Waals surface area contributed by atoms with Gasteiger partial charge in [-0.25, -0.2) is 0 Å². The molecule has 0 fully saturated rings. The fourth-order valence-corrected chi connectivity index (χ4v) is 3.87. The van der Waals surface area contributed by atoms with Crippen molar-refractivity contribution >= 4 is 41.1 Å². The molecule has 0 heterocycles. The maximum Gasteiger partial charge on any atom is 0.269 e. The first-order chi connectivity index (χ1) is 15.9. The Bertz CT molecular complexity index is 1120. The van der Waals surface area contributed by atoms with Crippen LogP contribution in [0.5, 0.6) is 0 Å². The van der Waals surface area contributed by atoms with Gasteiger partial charge >= 0.3 is 0 Å². The highest BCUT2D eigenvalue weighted by molar-refractivity contribution is 7.98. The maximum absolute atomic E-state index is 12.3. The van der Waals surface area contributed by atoms with E-state index in [1.807, 2.05) is 49.4 Å². The summed E-state index contributed by atoms with van der Waals surface area (Å²) in [4.78, 5) is 37.4. The van der Waals surface area contributed by atoms with Crippen molar-refractivity contribution in [2.75, 3.05) is 6.54 Å². The molecule has 0 aliphatic rings.